The Labute approximate surface area is 286 Å². The number of benzene rings is 3. The lowest BCUT2D eigenvalue weighted by atomic mass is 10.1. The van der Waals surface area contributed by atoms with Crippen LogP contribution in [0.1, 0.15) is 37.3 Å². The van der Waals surface area contributed by atoms with Crippen molar-refractivity contribution < 1.29 is 33.3 Å². The van der Waals surface area contributed by atoms with E-state index in [0.29, 0.717) is 20.7 Å². The molecule has 1 saturated heterocycles. The van der Waals surface area contributed by atoms with Crippen molar-refractivity contribution in [1.82, 2.24) is 19.5 Å². The number of H-pyrrole nitrogens is 1. The molecule has 0 amide bonds. The molecular weight excluding hydrogens is 693 g/mol. The number of nitrogens with one attached hydrogen (secondary N) is 1. The van der Waals surface area contributed by atoms with E-state index in [1.54, 1.807) is 0 Å². The lowest BCUT2D eigenvalue weighted by Gasteiger charge is -2.25. The number of nitrogens with two attached hydrogens (primary N) is 1. The van der Waals surface area contributed by atoms with Crippen LogP contribution in [0.15, 0.2) is 79.1 Å². The summed E-state index contributed by atoms with van der Waals surface area (Å²) in [4.78, 5) is 51.1. The summed E-state index contributed by atoms with van der Waals surface area (Å²) in [6.45, 7) is -0.405. The molecular formula is C31H22Cl3N5O7S. The Hall–Kier alpha value is -4.53. The smallest absolute Gasteiger partial charge is 0.338 e. The summed E-state index contributed by atoms with van der Waals surface area (Å²) >= 11 is 23.3. The van der Waals surface area contributed by atoms with Gasteiger partial charge in [0.1, 0.15) is 23.9 Å². The van der Waals surface area contributed by atoms with Crippen molar-refractivity contribution in [3.8, 4) is 0 Å². The molecule has 5 aromatic rings. The Morgan fingerprint density at radius 1 is 0.809 bits per heavy atom. The van der Waals surface area contributed by atoms with Crippen LogP contribution in [0, 0.1) is 4.64 Å². The first-order valence-corrected chi connectivity index (χ1v) is 15.3. The minimum Gasteiger partial charge on any atom is -0.459 e. The molecule has 0 radical (unpaired) electrons. The maximum Gasteiger partial charge on any atom is 0.338 e. The van der Waals surface area contributed by atoms with Gasteiger partial charge in [0.15, 0.2) is 29.0 Å². The van der Waals surface area contributed by atoms with E-state index in [4.69, 9.17) is 71.7 Å². The number of fused-ring (bicyclic) bond motifs is 1. The molecule has 4 atom stereocenters. The fourth-order valence-electron chi connectivity index (χ4n) is 4.86. The number of aromatic amines is 1. The summed E-state index contributed by atoms with van der Waals surface area (Å²) in [5, 5.41) is 1.25. The highest BCUT2D eigenvalue weighted by molar-refractivity contribution is 7.71. The highest BCUT2D eigenvalue weighted by atomic mass is 35.5. The molecule has 0 bridgehead atoms. The molecule has 1 aliphatic rings. The van der Waals surface area contributed by atoms with E-state index in [1.165, 1.54) is 83.7 Å². The van der Waals surface area contributed by atoms with E-state index in [-0.39, 0.29) is 32.8 Å². The number of anilines is 1. The number of esters is 3. The number of imidazole rings is 1. The van der Waals surface area contributed by atoms with Crippen molar-refractivity contribution in [2.45, 2.75) is 24.5 Å². The average Bonchev–Trinajstić information content (AvgIpc) is 3.61. The van der Waals surface area contributed by atoms with Crippen LogP contribution in [0.25, 0.3) is 11.2 Å². The fraction of sp³-hybridized carbons (Fsp3) is 0.161. The molecule has 3 aromatic carbocycles. The van der Waals surface area contributed by atoms with Gasteiger partial charge in [0.2, 0.25) is 0 Å². The average molecular weight is 715 g/mol. The number of ether oxygens (including phenoxy) is 4. The van der Waals surface area contributed by atoms with E-state index >= 15 is 0 Å². The summed E-state index contributed by atoms with van der Waals surface area (Å²) in [5.41, 5.74) is 7.07. The van der Waals surface area contributed by atoms with Crippen LogP contribution in [0.5, 0.6) is 0 Å². The largest absolute Gasteiger partial charge is 0.459 e. The van der Waals surface area contributed by atoms with Gasteiger partial charge in [0.25, 0.3) is 0 Å². The highest BCUT2D eigenvalue weighted by Crippen LogP contribution is 2.37. The van der Waals surface area contributed by atoms with Crippen molar-refractivity contribution in [2.24, 2.45) is 0 Å². The minimum atomic E-state index is -1.32. The molecule has 16 heteroatoms. The number of nitrogens with zero attached hydrogens (tertiary/aromatic N) is 3. The number of carbonyl (C=O) groups excluding carboxylic acids is 3. The molecule has 4 unspecified atom stereocenters. The van der Waals surface area contributed by atoms with Crippen molar-refractivity contribution in [1.29, 1.82) is 0 Å². The second kappa shape index (κ2) is 13.7. The van der Waals surface area contributed by atoms with Crippen LogP contribution in [0.2, 0.25) is 15.1 Å². The zero-order valence-electron chi connectivity index (χ0n) is 23.8. The van der Waals surface area contributed by atoms with Crippen molar-refractivity contribution in [3.05, 3.63) is 116 Å². The van der Waals surface area contributed by atoms with Crippen LogP contribution in [-0.4, -0.2) is 62.3 Å². The molecule has 1 aliphatic heterocycles. The number of rotatable bonds is 8. The Kier molecular flexibility index (Phi) is 9.43. The van der Waals surface area contributed by atoms with Crippen LogP contribution in [0.4, 0.5) is 5.95 Å². The summed E-state index contributed by atoms with van der Waals surface area (Å²) in [6.07, 6.45) is -3.58. The van der Waals surface area contributed by atoms with Gasteiger partial charge in [-0.15, -0.1) is 0 Å². The van der Waals surface area contributed by atoms with Gasteiger partial charge in [-0.2, -0.15) is 0 Å². The second-order valence-corrected chi connectivity index (χ2v) is 11.9. The van der Waals surface area contributed by atoms with Gasteiger partial charge in [-0.25, -0.2) is 24.4 Å². The molecule has 0 aliphatic carbocycles. The number of hydrogen-bond donors (Lipinski definition) is 2. The van der Waals surface area contributed by atoms with E-state index in [9.17, 15) is 14.4 Å². The second-order valence-electron chi connectivity index (χ2n) is 10.2. The molecule has 3 N–H and O–H groups in total. The quantitative estimate of drug-likeness (QED) is 0.106. The molecule has 240 valence electrons. The van der Waals surface area contributed by atoms with Crippen LogP contribution in [-0.2, 0) is 18.9 Å². The third kappa shape index (κ3) is 7.09. The lowest BCUT2D eigenvalue weighted by Crippen LogP contribution is -2.41. The summed E-state index contributed by atoms with van der Waals surface area (Å²) in [6, 6.07) is 18.1. The summed E-state index contributed by atoms with van der Waals surface area (Å²) in [5.74, 6) is -2.25. The van der Waals surface area contributed by atoms with Crippen molar-refractivity contribution >= 4 is 82.0 Å². The van der Waals surface area contributed by atoms with Gasteiger partial charge in [-0.3, -0.25) is 4.57 Å². The molecule has 3 heterocycles. The standard InChI is InChI=1S/C31H22Cl3N5O7S/c32-18-7-1-15(2-8-18)28(40)43-13-21-23(45-29(41)16-3-9-19(33)10-4-16)24(46-30(42)17-5-11-20(34)12-6-17)27(44-21)39-14-36-22-25(39)37-31(35)38-26(22)47/h1-12,14,21,23-24,27H,13H2,(H3,35,37,38,47). The van der Waals surface area contributed by atoms with Crippen LogP contribution in [0.3, 0.4) is 0 Å². The molecule has 12 nitrogen and oxygen atoms in total. The maximum atomic E-state index is 13.5. The molecule has 0 spiro atoms. The molecule has 2 aromatic heterocycles. The Morgan fingerprint density at radius 2 is 1.30 bits per heavy atom. The molecule has 6 rings (SSSR count). The number of carbonyl (C=O) groups is 3. The first-order valence-electron chi connectivity index (χ1n) is 13.8. The monoisotopic (exact) mass is 713 g/mol. The molecule has 1 fully saturated rings. The maximum absolute atomic E-state index is 13.5. The zero-order chi connectivity index (χ0) is 33.2. The van der Waals surface area contributed by atoms with E-state index in [0.717, 1.165) is 0 Å². The fourth-order valence-corrected chi connectivity index (χ4v) is 5.49. The highest BCUT2D eigenvalue weighted by Gasteiger charge is 2.51. The van der Waals surface area contributed by atoms with E-state index in [1.807, 2.05) is 0 Å². The topological polar surface area (TPSA) is 161 Å². The van der Waals surface area contributed by atoms with Gasteiger partial charge in [-0.05, 0) is 72.8 Å². The van der Waals surface area contributed by atoms with Crippen LogP contribution >= 0.6 is 47.0 Å². The third-order valence-corrected chi connectivity index (χ3v) is 8.17. The predicted octanol–water partition coefficient (Wildman–Crippen LogP) is 6.24. The summed E-state index contributed by atoms with van der Waals surface area (Å²) < 4.78 is 25.5. The Balaban J connectivity index is 1.39. The predicted molar refractivity (Wildman–Crippen MR) is 174 cm³/mol. The van der Waals surface area contributed by atoms with Gasteiger partial charge < -0.3 is 29.7 Å². The zero-order valence-corrected chi connectivity index (χ0v) is 26.9. The first kappa shape index (κ1) is 32.4. The first-order chi connectivity index (χ1) is 22.6. The molecule has 0 saturated carbocycles. The van der Waals surface area contributed by atoms with Gasteiger partial charge in [-0.1, -0.05) is 47.0 Å². The number of aromatic nitrogens is 4. The van der Waals surface area contributed by atoms with Gasteiger partial charge in [0, 0.05) is 15.1 Å². The van der Waals surface area contributed by atoms with E-state index in [2.05, 4.69) is 15.0 Å². The van der Waals surface area contributed by atoms with Crippen molar-refractivity contribution in [2.75, 3.05) is 12.3 Å². The number of nitrogen functional groups attached to an aromatic ring is 1. The van der Waals surface area contributed by atoms with Crippen molar-refractivity contribution in [3.63, 3.8) is 0 Å². The number of halogens is 3. The Bertz CT molecular complexity index is 2020. The SMILES string of the molecule is Nc1nc(=S)c2ncn(C3OC(COC(=O)c4ccc(Cl)cc4)C(OC(=O)c4ccc(Cl)cc4)C3OC(=O)c3ccc(Cl)cc3)c2[nH]1. The Morgan fingerprint density at radius 3 is 1.83 bits per heavy atom. The number of hydrogen-bond acceptors (Lipinski definition) is 11. The molecule has 47 heavy (non-hydrogen) atoms. The van der Waals surface area contributed by atoms with Gasteiger partial charge in [0.05, 0.1) is 23.0 Å². The third-order valence-electron chi connectivity index (χ3n) is 7.13. The van der Waals surface area contributed by atoms with Crippen LogP contribution < -0.4 is 5.73 Å². The summed E-state index contributed by atoms with van der Waals surface area (Å²) in [7, 11) is 0. The normalized spacial score (nSPS) is 19.0. The lowest BCUT2D eigenvalue weighted by molar-refractivity contribution is -0.0606. The van der Waals surface area contributed by atoms with Gasteiger partial charge >= 0.3 is 17.9 Å². The minimum absolute atomic E-state index is 0.00360. The van der Waals surface area contributed by atoms with E-state index < -0.39 is 49.1 Å².